The van der Waals surface area contributed by atoms with Crippen LogP contribution in [-0.2, 0) is 9.53 Å². The highest BCUT2D eigenvalue weighted by Crippen LogP contribution is 2.10. The van der Waals surface area contributed by atoms with Gasteiger partial charge in [-0.2, -0.15) is 0 Å². The number of ether oxygens (including phenoxy) is 1. The van der Waals surface area contributed by atoms with Gasteiger partial charge >= 0.3 is 12.1 Å². The molecule has 0 aromatic heterocycles. The third kappa shape index (κ3) is 2.99. The van der Waals surface area contributed by atoms with Crippen molar-refractivity contribution >= 4 is 12.1 Å². The summed E-state index contributed by atoms with van der Waals surface area (Å²) in [5.74, 6) is -1.15. The average Bonchev–Trinajstić information content (AvgIpc) is 1.86. The van der Waals surface area contributed by atoms with E-state index in [2.05, 4.69) is 4.74 Å². The summed E-state index contributed by atoms with van der Waals surface area (Å²) in [5.41, 5.74) is -1.71. The molecule has 0 rings (SSSR count). The molecule has 0 amide bonds. The van der Waals surface area contributed by atoms with E-state index in [9.17, 15) is 9.59 Å². The van der Waals surface area contributed by atoms with Crippen LogP contribution >= 0.6 is 0 Å². The summed E-state index contributed by atoms with van der Waals surface area (Å²) >= 11 is 0. The fourth-order valence-electron chi connectivity index (χ4n) is 0.334. The molecule has 0 aromatic rings. The molecule has 1 atom stereocenters. The van der Waals surface area contributed by atoms with Gasteiger partial charge in [0.1, 0.15) is 0 Å². The number of carbonyl (C=O) groups is 2. The molecule has 0 aliphatic rings. The third-order valence-electron chi connectivity index (χ3n) is 1.31. The molecule has 0 fully saturated rings. The van der Waals surface area contributed by atoms with Crippen LogP contribution < -0.4 is 0 Å². The monoisotopic (exact) mass is 162 g/mol. The summed E-state index contributed by atoms with van der Waals surface area (Å²) in [7, 11) is 0. The molecule has 0 aromatic carbocycles. The van der Waals surface area contributed by atoms with Gasteiger partial charge in [0.15, 0.2) is 5.60 Å². The van der Waals surface area contributed by atoms with E-state index < -0.39 is 17.7 Å². The first-order valence-corrected chi connectivity index (χ1v) is 3.07. The Kier molecular flexibility index (Phi) is 3.00. The number of carbonyl (C=O) groups excluding carboxylic acids is 1. The summed E-state index contributed by atoms with van der Waals surface area (Å²) < 4.78 is 3.73. The minimum atomic E-state index is -1.71. The third-order valence-corrected chi connectivity index (χ3v) is 1.31. The molecule has 0 saturated carbocycles. The van der Waals surface area contributed by atoms with E-state index in [0.717, 1.165) is 0 Å². The minimum Gasteiger partial charge on any atom is -0.449 e. The van der Waals surface area contributed by atoms with Crippen LogP contribution in [0.4, 0.5) is 4.79 Å². The topological polar surface area (TPSA) is 83.8 Å². The second-order valence-corrected chi connectivity index (χ2v) is 2.28. The first-order valence-electron chi connectivity index (χ1n) is 3.07. The first-order chi connectivity index (χ1) is 4.90. The molecule has 0 bridgehead atoms. The highest BCUT2D eigenvalue weighted by atomic mass is 16.7. The molecular weight excluding hydrogens is 152 g/mol. The number of esters is 1. The van der Waals surface area contributed by atoms with Crippen molar-refractivity contribution in [3.05, 3.63) is 0 Å². The Bertz CT molecular complexity index is 172. The predicted molar refractivity (Wildman–Crippen MR) is 35.0 cm³/mol. The van der Waals surface area contributed by atoms with Gasteiger partial charge in [0.25, 0.3) is 0 Å². The van der Waals surface area contributed by atoms with E-state index >= 15 is 0 Å². The van der Waals surface area contributed by atoms with Gasteiger partial charge in [0.05, 0.1) is 0 Å². The van der Waals surface area contributed by atoms with Crippen molar-refractivity contribution in [1.82, 2.24) is 0 Å². The van der Waals surface area contributed by atoms with E-state index in [1.807, 2.05) is 0 Å². The maximum atomic E-state index is 10.7. The Labute approximate surface area is 63.6 Å². The maximum absolute atomic E-state index is 10.7. The van der Waals surface area contributed by atoms with E-state index in [1.165, 1.54) is 6.92 Å². The summed E-state index contributed by atoms with van der Waals surface area (Å²) in [6, 6.07) is 0. The maximum Gasteiger partial charge on any atom is 0.513 e. The van der Waals surface area contributed by atoms with Crippen LogP contribution in [0.25, 0.3) is 0 Å². The first kappa shape index (κ1) is 9.90. The summed E-state index contributed by atoms with van der Waals surface area (Å²) in [6.07, 6.45) is -1.59. The zero-order valence-electron chi connectivity index (χ0n) is 6.33. The lowest BCUT2D eigenvalue weighted by Crippen LogP contribution is -2.37. The molecule has 5 heteroatoms. The molecular formula is C6H10O5. The van der Waals surface area contributed by atoms with Crippen LogP contribution in [0.15, 0.2) is 0 Å². The van der Waals surface area contributed by atoms with E-state index in [-0.39, 0.29) is 6.42 Å². The second kappa shape index (κ2) is 3.34. The van der Waals surface area contributed by atoms with Crippen molar-refractivity contribution in [2.45, 2.75) is 25.9 Å². The second-order valence-electron chi connectivity index (χ2n) is 2.28. The Morgan fingerprint density at radius 3 is 2.27 bits per heavy atom. The standard InChI is InChI=1S/C6H10O5/c1-3-6(2,10)4(7)11-5(8)9/h10H,3H2,1-2H3,(H,8,9). The molecule has 0 spiro atoms. The number of hydrogen-bond donors (Lipinski definition) is 2. The van der Waals surface area contributed by atoms with Crippen molar-refractivity contribution in [3.63, 3.8) is 0 Å². The van der Waals surface area contributed by atoms with Crippen LogP contribution in [0.5, 0.6) is 0 Å². The van der Waals surface area contributed by atoms with Crippen molar-refractivity contribution < 1.29 is 24.5 Å². The van der Waals surface area contributed by atoms with Gasteiger partial charge in [-0.15, -0.1) is 0 Å². The highest BCUT2D eigenvalue weighted by molar-refractivity contribution is 5.86. The van der Waals surface area contributed by atoms with Crippen molar-refractivity contribution in [2.75, 3.05) is 0 Å². The van der Waals surface area contributed by atoms with Crippen LogP contribution in [0.3, 0.4) is 0 Å². The van der Waals surface area contributed by atoms with Crippen LogP contribution in [0.1, 0.15) is 20.3 Å². The van der Waals surface area contributed by atoms with Crippen molar-refractivity contribution in [3.8, 4) is 0 Å². The quantitative estimate of drug-likeness (QED) is 0.452. The SMILES string of the molecule is CCC(C)(O)C(=O)OC(=O)O. The van der Waals surface area contributed by atoms with Gasteiger partial charge in [-0.1, -0.05) is 6.92 Å². The van der Waals surface area contributed by atoms with E-state index in [4.69, 9.17) is 10.2 Å². The predicted octanol–water partition coefficient (Wildman–Crippen LogP) is 0.369. The molecule has 0 aliphatic carbocycles. The Morgan fingerprint density at radius 2 is 2.00 bits per heavy atom. The van der Waals surface area contributed by atoms with E-state index in [0.29, 0.717) is 0 Å². The van der Waals surface area contributed by atoms with Crippen molar-refractivity contribution in [1.29, 1.82) is 0 Å². The normalized spacial score (nSPS) is 15.2. The van der Waals surface area contributed by atoms with Gasteiger partial charge in [-0.25, -0.2) is 9.59 Å². The van der Waals surface area contributed by atoms with Gasteiger partial charge in [0, 0.05) is 0 Å². The summed E-state index contributed by atoms with van der Waals surface area (Å²) in [4.78, 5) is 20.5. The fourth-order valence-corrected chi connectivity index (χ4v) is 0.334. The minimum absolute atomic E-state index is 0.110. The summed E-state index contributed by atoms with van der Waals surface area (Å²) in [5, 5.41) is 17.1. The van der Waals surface area contributed by atoms with Crippen LogP contribution in [-0.4, -0.2) is 27.9 Å². The Hall–Kier alpha value is -1.10. The molecule has 2 N–H and O–H groups in total. The molecule has 0 saturated heterocycles. The molecule has 0 radical (unpaired) electrons. The van der Waals surface area contributed by atoms with Crippen molar-refractivity contribution in [2.24, 2.45) is 0 Å². The molecule has 1 unspecified atom stereocenters. The lowest BCUT2D eigenvalue weighted by atomic mass is 10.1. The number of hydrogen-bond acceptors (Lipinski definition) is 4. The average molecular weight is 162 g/mol. The van der Waals surface area contributed by atoms with Crippen LogP contribution in [0.2, 0.25) is 0 Å². The zero-order valence-corrected chi connectivity index (χ0v) is 6.33. The molecule has 5 nitrogen and oxygen atoms in total. The van der Waals surface area contributed by atoms with Gasteiger partial charge in [0.2, 0.25) is 0 Å². The van der Waals surface area contributed by atoms with Gasteiger partial charge in [-0.05, 0) is 13.3 Å². The number of rotatable bonds is 2. The molecule has 11 heavy (non-hydrogen) atoms. The largest absolute Gasteiger partial charge is 0.513 e. The summed E-state index contributed by atoms with van der Waals surface area (Å²) in [6.45, 7) is 2.74. The molecule has 0 heterocycles. The van der Waals surface area contributed by atoms with E-state index in [1.54, 1.807) is 6.92 Å². The zero-order chi connectivity index (χ0) is 9.07. The van der Waals surface area contributed by atoms with Gasteiger partial charge in [-0.3, -0.25) is 0 Å². The van der Waals surface area contributed by atoms with Gasteiger partial charge < -0.3 is 14.9 Å². The lowest BCUT2D eigenvalue weighted by Gasteiger charge is -2.16. The molecule has 0 aliphatic heterocycles. The lowest BCUT2D eigenvalue weighted by molar-refractivity contribution is -0.158. The Balaban J connectivity index is 4.13. The van der Waals surface area contributed by atoms with Crippen LogP contribution in [0, 0.1) is 0 Å². The fraction of sp³-hybridized carbons (Fsp3) is 0.667. The number of carboxylic acid groups (broad SMARTS) is 1. The number of aliphatic hydroxyl groups is 1. The Morgan fingerprint density at radius 1 is 1.55 bits per heavy atom. The highest BCUT2D eigenvalue weighted by Gasteiger charge is 2.31. The smallest absolute Gasteiger partial charge is 0.449 e. The molecule has 64 valence electrons.